The van der Waals surface area contributed by atoms with Gasteiger partial charge in [0, 0.05) is 31.9 Å². The quantitative estimate of drug-likeness (QED) is 0.852. The first kappa shape index (κ1) is 16.1. The van der Waals surface area contributed by atoms with Crippen LogP contribution in [0.2, 0.25) is 0 Å². The molecule has 0 spiro atoms. The van der Waals surface area contributed by atoms with Crippen LogP contribution >= 0.6 is 0 Å². The van der Waals surface area contributed by atoms with E-state index in [0.29, 0.717) is 19.3 Å². The number of aromatic nitrogens is 2. The number of nitrogens with zero attached hydrogens (tertiary/aromatic N) is 4. The van der Waals surface area contributed by atoms with Crippen LogP contribution in [0.1, 0.15) is 18.4 Å². The minimum atomic E-state index is 0.504. The van der Waals surface area contributed by atoms with Gasteiger partial charge in [0.15, 0.2) is 17.3 Å². The number of piperidine rings is 1. The summed E-state index contributed by atoms with van der Waals surface area (Å²) in [6.45, 7) is 4.19. The molecule has 0 radical (unpaired) electrons. The van der Waals surface area contributed by atoms with E-state index in [4.69, 9.17) is 9.47 Å². The van der Waals surface area contributed by atoms with Crippen LogP contribution in [0.4, 0.5) is 5.82 Å². The number of rotatable bonds is 4. The Morgan fingerprint density at radius 3 is 2.92 bits per heavy atom. The monoisotopic (exact) mass is 340 g/mol. The molecule has 0 bridgehead atoms. The summed E-state index contributed by atoms with van der Waals surface area (Å²) >= 11 is 0. The highest BCUT2D eigenvalue weighted by Gasteiger charge is 2.24. The van der Waals surface area contributed by atoms with Crippen LogP contribution in [0, 0.1) is 0 Å². The topological polar surface area (TPSA) is 50.7 Å². The maximum Gasteiger partial charge on any atom is 0.161 e. The molecular formula is C19H24N4O2. The highest BCUT2D eigenvalue weighted by atomic mass is 16.6. The van der Waals surface area contributed by atoms with Gasteiger partial charge >= 0.3 is 0 Å². The third kappa shape index (κ3) is 3.69. The average molecular weight is 340 g/mol. The lowest BCUT2D eigenvalue weighted by atomic mass is 10.0. The first-order valence-electron chi connectivity index (χ1n) is 8.91. The van der Waals surface area contributed by atoms with Gasteiger partial charge < -0.3 is 14.4 Å². The molecule has 132 valence electrons. The number of likely N-dealkylation sites (N-methyl/N-ethyl adjacent to an activating group) is 1. The molecule has 3 heterocycles. The summed E-state index contributed by atoms with van der Waals surface area (Å²) in [6.07, 6.45) is 4.10. The Labute approximate surface area is 148 Å². The van der Waals surface area contributed by atoms with Crippen molar-refractivity contribution in [1.82, 2.24) is 15.1 Å². The van der Waals surface area contributed by atoms with Crippen molar-refractivity contribution in [1.29, 1.82) is 0 Å². The van der Waals surface area contributed by atoms with Crippen molar-refractivity contribution in [2.75, 3.05) is 38.3 Å². The Balaban J connectivity index is 1.41. The summed E-state index contributed by atoms with van der Waals surface area (Å²) in [5.74, 6) is 2.69. The van der Waals surface area contributed by atoms with Gasteiger partial charge in [-0.05, 0) is 49.7 Å². The van der Waals surface area contributed by atoms with Gasteiger partial charge in [0.25, 0.3) is 0 Å². The molecule has 1 aromatic heterocycles. The van der Waals surface area contributed by atoms with E-state index < -0.39 is 0 Å². The molecule has 0 N–H and O–H groups in total. The molecule has 0 saturated carbocycles. The van der Waals surface area contributed by atoms with Crippen LogP contribution in [0.25, 0.3) is 0 Å². The smallest absolute Gasteiger partial charge is 0.161 e. The molecule has 25 heavy (non-hydrogen) atoms. The zero-order chi connectivity index (χ0) is 17.1. The molecule has 2 aliphatic heterocycles. The van der Waals surface area contributed by atoms with E-state index in [1.54, 1.807) is 6.20 Å². The molecule has 1 aromatic carbocycles. The Morgan fingerprint density at radius 1 is 1.20 bits per heavy atom. The van der Waals surface area contributed by atoms with Crippen LogP contribution in [0.15, 0.2) is 36.5 Å². The van der Waals surface area contributed by atoms with E-state index in [0.717, 1.165) is 37.0 Å². The molecule has 1 saturated heterocycles. The lowest BCUT2D eigenvalue weighted by Crippen LogP contribution is -2.46. The van der Waals surface area contributed by atoms with Gasteiger partial charge in [-0.2, -0.15) is 5.10 Å². The highest BCUT2D eigenvalue weighted by Crippen LogP contribution is 2.31. The molecule has 2 aromatic rings. The van der Waals surface area contributed by atoms with Crippen molar-refractivity contribution < 1.29 is 9.47 Å². The number of benzene rings is 1. The van der Waals surface area contributed by atoms with Crippen LogP contribution < -0.4 is 14.4 Å². The summed E-state index contributed by atoms with van der Waals surface area (Å²) in [6, 6.07) is 10.7. The predicted molar refractivity (Wildman–Crippen MR) is 96.2 cm³/mol. The Bertz CT molecular complexity index is 710. The molecule has 1 fully saturated rings. The van der Waals surface area contributed by atoms with Gasteiger partial charge in [-0.25, -0.2) is 0 Å². The third-order valence-corrected chi connectivity index (χ3v) is 4.94. The Morgan fingerprint density at radius 2 is 2.08 bits per heavy atom. The maximum atomic E-state index is 5.70. The van der Waals surface area contributed by atoms with Gasteiger partial charge in [0.05, 0.1) is 0 Å². The minimum absolute atomic E-state index is 0.504. The summed E-state index contributed by atoms with van der Waals surface area (Å²) in [7, 11) is 2.20. The fourth-order valence-electron chi connectivity index (χ4n) is 3.59. The zero-order valence-electron chi connectivity index (χ0n) is 14.6. The fraction of sp³-hybridized carbons (Fsp3) is 0.474. The standard InChI is InChI=1S/C19H24N4O2/c1-22(13-15-6-7-17-18(12-15)25-11-10-24-17)16-4-3-9-23(14-16)19-5-2-8-20-21-19/h2,5-8,12,16H,3-4,9-11,13-14H2,1H3/t16-/m0/s1. The zero-order valence-corrected chi connectivity index (χ0v) is 14.6. The summed E-state index contributed by atoms with van der Waals surface area (Å²) in [4.78, 5) is 4.76. The van der Waals surface area contributed by atoms with E-state index in [2.05, 4.69) is 39.2 Å². The highest BCUT2D eigenvalue weighted by molar-refractivity contribution is 5.44. The molecule has 2 aliphatic rings. The first-order valence-corrected chi connectivity index (χ1v) is 8.91. The van der Waals surface area contributed by atoms with Crippen LogP contribution in [-0.2, 0) is 6.54 Å². The van der Waals surface area contributed by atoms with Crippen LogP contribution in [-0.4, -0.2) is 54.5 Å². The largest absolute Gasteiger partial charge is 0.486 e. The number of anilines is 1. The average Bonchev–Trinajstić information content (AvgIpc) is 2.69. The predicted octanol–water partition coefficient (Wildman–Crippen LogP) is 2.35. The van der Waals surface area contributed by atoms with Gasteiger partial charge in [0.2, 0.25) is 0 Å². The maximum absolute atomic E-state index is 5.70. The Kier molecular flexibility index (Phi) is 4.70. The molecule has 0 aliphatic carbocycles. The summed E-state index contributed by atoms with van der Waals surface area (Å²) in [5, 5.41) is 8.26. The molecule has 6 nitrogen and oxygen atoms in total. The minimum Gasteiger partial charge on any atom is -0.486 e. The molecule has 4 rings (SSSR count). The second kappa shape index (κ2) is 7.27. The van der Waals surface area contributed by atoms with Crippen LogP contribution in [0.3, 0.4) is 0 Å². The fourth-order valence-corrected chi connectivity index (χ4v) is 3.59. The third-order valence-electron chi connectivity index (χ3n) is 4.94. The summed E-state index contributed by atoms with van der Waals surface area (Å²) in [5.41, 5.74) is 1.25. The van der Waals surface area contributed by atoms with E-state index in [-0.39, 0.29) is 0 Å². The van der Waals surface area contributed by atoms with Gasteiger partial charge in [-0.3, -0.25) is 4.90 Å². The van der Waals surface area contributed by atoms with Gasteiger partial charge in [0.1, 0.15) is 13.2 Å². The van der Waals surface area contributed by atoms with Crippen LogP contribution in [0.5, 0.6) is 11.5 Å². The normalized spacial score (nSPS) is 19.9. The van der Waals surface area contributed by atoms with Crippen molar-refractivity contribution in [2.24, 2.45) is 0 Å². The van der Waals surface area contributed by atoms with Gasteiger partial charge in [-0.15, -0.1) is 5.10 Å². The van der Waals surface area contributed by atoms with Crippen molar-refractivity contribution in [2.45, 2.75) is 25.4 Å². The second-order valence-corrected chi connectivity index (χ2v) is 6.72. The van der Waals surface area contributed by atoms with E-state index in [1.807, 2.05) is 18.2 Å². The SMILES string of the molecule is CN(Cc1ccc2c(c1)OCCO2)[C@H]1CCCN(c2cccnn2)C1. The number of hydrogen-bond donors (Lipinski definition) is 0. The van der Waals surface area contributed by atoms with Crippen molar-refractivity contribution in [3.63, 3.8) is 0 Å². The van der Waals surface area contributed by atoms with E-state index >= 15 is 0 Å². The van der Waals surface area contributed by atoms with Crippen molar-refractivity contribution >= 4 is 5.82 Å². The van der Waals surface area contributed by atoms with Gasteiger partial charge in [-0.1, -0.05) is 6.07 Å². The van der Waals surface area contributed by atoms with Crippen molar-refractivity contribution in [3.8, 4) is 11.5 Å². The van der Waals surface area contributed by atoms with Crippen molar-refractivity contribution in [3.05, 3.63) is 42.1 Å². The lowest BCUT2D eigenvalue weighted by molar-refractivity contribution is 0.170. The number of ether oxygens (including phenoxy) is 2. The molecular weight excluding hydrogens is 316 g/mol. The Hall–Kier alpha value is -2.34. The van der Waals surface area contributed by atoms with E-state index in [9.17, 15) is 0 Å². The second-order valence-electron chi connectivity index (χ2n) is 6.72. The number of fused-ring (bicyclic) bond motifs is 1. The van der Waals surface area contributed by atoms with E-state index in [1.165, 1.54) is 18.4 Å². The summed E-state index contributed by atoms with van der Waals surface area (Å²) < 4.78 is 11.3. The number of hydrogen-bond acceptors (Lipinski definition) is 6. The lowest BCUT2D eigenvalue weighted by Gasteiger charge is -2.38. The molecule has 1 atom stereocenters. The first-order chi connectivity index (χ1) is 12.3. The molecule has 0 amide bonds. The molecule has 0 unspecified atom stereocenters. The molecule has 6 heteroatoms.